The first-order valence-electron chi connectivity index (χ1n) is 9.07. The normalized spacial score (nSPS) is 10.7. The van der Waals surface area contributed by atoms with Gasteiger partial charge in [-0.15, -0.1) is 0 Å². The number of anilines is 2. The Bertz CT molecular complexity index is 801. The summed E-state index contributed by atoms with van der Waals surface area (Å²) in [6, 6.07) is 9.79. The summed E-state index contributed by atoms with van der Waals surface area (Å²) in [5.41, 5.74) is 7.24. The molecule has 29 heavy (non-hydrogen) atoms. The zero-order valence-electron chi connectivity index (χ0n) is 16.5. The SMILES string of the molecule is CCCOC(=O)OC=Nc1c(N)nc(OCCOC)nc1NCc1ccccc1. The number of methoxy groups -OCH3 is 1. The van der Waals surface area contributed by atoms with Gasteiger partial charge in [0.2, 0.25) is 0 Å². The molecular weight excluding hydrogens is 378 g/mol. The Morgan fingerprint density at radius 3 is 2.72 bits per heavy atom. The van der Waals surface area contributed by atoms with Gasteiger partial charge in [-0.25, -0.2) is 9.79 Å². The lowest BCUT2D eigenvalue weighted by atomic mass is 10.2. The van der Waals surface area contributed by atoms with Gasteiger partial charge in [-0.05, 0) is 12.0 Å². The molecule has 10 heteroatoms. The van der Waals surface area contributed by atoms with Crippen LogP contribution in [0.4, 0.5) is 22.1 Å². The van der Waals surface area contributed by atoms with Crippen molar-refractivity contribution >= 4 is 29.9 Å². The Kier molecular flexibility index (Phi) is 9.16. The van der Waals surface area contributed by atoms with E-state index in [1.54, 1.807) is 7.11 Å². The first-order chi connectivity index (χ1) is 14.1. The number of carbonyl (C=O) groups is 1. The first kappa shape index (κ1) is 21.9. The van der Waals surface area contributed by atoms with Crippen LogP contribution in [-0.4, -0.2) is 49.5 Å². The molecule has 0 atom stereocenters. The predicted molar refractivity (Wildman–Crippen MR) is 108 cm³/mol. The molecule has 0 bridgehead atoms. The van der Waals surface area contributed by atoms with E-state index < -0.39 is 6.16 Å². The highest BCUT2D eigenvalue weighted by molar-refractivity contribution is 5.79. The van der Waals surface area contributed by atoms with Gasteiger partial charge in [-0.2, -0.15) is 9.97 Å². The largest absolute Gasteiger partial charge is 0.514 e. The number of hydrogen-bond donors (Lipinski definition) is 2. The standard InChI is InChI=1S/C19H25N5O5/c1-3-9-28-19(25)29-13-22-15-16(20)23-18(27-11-10-26-2)24-17(15)21-12-14-7-5-4-6-8-14/h4-8,13H,3,9-12H2,1-2H3,(H3,20,21,23,24). The van der Waals surface area contributed by atoms with Crippen molar-refractivity contribution in [3.63, 3.8) is 0 Å². The van der Waals surface area contributed by atoms with Crippen molar-refractivity contribution in [2.75, 3.05) is 38.0 Å². The molecule has 1 heterocycles. The molecule has 2 aromatic rings. The number of ether oxygens (including phenoxy) is 4. The highest BCUT2D eigenvalue weighted by Gasteiger charge is 2.13. The first-order valence-corrected chi connectivity index (χ1v) is 9.07. The van der Waals surface area contributed by atoms with Crippen LogP contribution < -0.4 is 15.8 Å². The average Bonchev–Trinajstić information content (AvgIpc) is 2.73. The van der Waals surface area contributed by atoms with Crippen molar-refractivity contribution in [1.82, 2.24) is 9.97 Å². The lowest BCUT2D eigenvalue weighted by molar-refractivity contribution is 0.0980. The third-order valence-electron chi connectivity index (χ3n) is 3.47. The summed E-state index contributed by atoms with van der Waals surface area (Å²) in [6.45, 7) is 3.25. The summed E-state index contributed by atoms with van der Waals surface area (Å²) >= 11 is 0. The molecule has 10 nitrogen and oxygen atoms in total. The molecule has 0 aliphatic rings. The van der Waals surface area contributed by atoms with E-state index in [9.17, 15) is 4.79 Å². The van der Waals surface area contributed by atoms with Gasteiger partial charge in [0.1, 0.15) is 6.61 Å². The van der Waals surface area contributed by atoms with E-state index in [2.05, 4.69) is 20.3 Å². The number of nitrogen functional groups attached to an aromatic ring is 1. The van der Waals surface area contributed by atoms with Crippen molar-refractivity contribution in [3.8, 4) is 6.01 Å². The van der Waals surface area contributed by atoms with Crippen LogP contribution >= 0.6 is 0 Å². The minimum Gasteiger partial charge on any atom is -0.461 e. The highest BCUT2D eigenvalue weighted by Crippen LogP contribution is 2.30. The maximum Gasteiger partial charge on any atom is 0.514 e. The summed E-state index contributed by atoms with van der Waals surface area (Å²) in [7, 11) is 1.56. The Balaban J connectivity index is 2.16. The van der Waals surface area contributed by atoms with Crippen molar-refractivity contribution in [3.05, 3.63) is 35.9 Å². The van der Waals surface area contributed by atoms with E-state index in [4.69, 9.17) is 24.7 Å². The van der Waals surface area contributed by atoms with Crippen LogP contribution in [0.25, 0.3) is 0 Å². The Morgan fingerprint density at radius 1 is 1.21 bits per heavy atom. The van der Waals surface area contributed by atoms with Crippen LogP contribution in [0.15, 0.2) is 35.3 Å². The molecule has 0 fully saturated rings. The number of aliphatic imine (C=N–C) groups is 1. The number of rotatable bonds is 11. The van der Waals surface area contributed by atoms with E-state index in [0.717, 1.165) is 12.0 Å². The lowest BCUT2D eigenvalue weighted by Crippen LogP contribution is -2.10. The fourth-order valence-corrected chi connectivity index (χ4v) is 2.11. The van der Waals surface area contributed by atoms with E-state index >= 15 is 0 Å². The van der Waals surface area contributed by atoms with Gasteiger partial charge in [0.15, 0.2) is 23.7 Å². The molecule has 0 spiro atoms. The molecule has 0 unspecified atom stereocenters. The fourth-order valence-electron chi connectivity index (χ4n) is 2.11. The second-order valence-electron chi connectivity index (χ2n) is 5.72. The number of nitrogens with one attached hydrogen (secondary N) is 1. The van der Waals surface area contributed by atoms with Crippen LogP contribution in [0.3, 0.4) is 0 Å². The third kappa shape index (κ3) is 7.62. The van der Waals surface area contributed by atoms with Gasteiger partial charge in [0, 0.05) is 13.7 Å². The van der Waals surface area contributed by atoms with E-state index in [1.807, 2.05) is 37.3 Å². The number of carbonyl (C=O) groups excluding carboxylic acids is 1. The molecule has 0 saturated carbocycles. The zero-order valence-corrected chi connectivity index (χ0v) is 16.5. The molecule has 0 amide bonds. The molecule has 0 aliphatic heterocycles. The summed E-state index contributed by atoms with van der Waals surface area (Å²) in [5.74, 6) is 0.389. The van der Waals surface area contributed by atoms with Crippen LogP contribution in [0.1, 0.15) is 18.9 Å². The number of aromatic nitrogens is 2. The summed E-state index contributed by atoms with van der Waals surface area (Å²) in [5, 5.41) is 3.15. The molecular formula is C19H25N5O5. The molecule has 1 aromatic carbocycles. The predicted octanol–water partition coefficient (Wildman–Crippen LogP) is 2.92. The second-order valence-corrected chi connectivity index (χ2v) is 5.72. The van der Waals surface area contributed by atoms with Crippen LogP contribution in [0.2, 0.25) is 0 Å². The number of nitrogens with zero attached hydrogens (tertiary/aromatic N) is 3. The summed E-state index contributed by atoms with van der Waals surface area (Å²) in [4.78, 5) is 23.9. The lowest BCUT2D eigenvalue weighted by Gasteiger charge is -2.12. The van der Waals surface area contributed by atoms with Crippen molar-refractivity contribution < 1.29 is 23.7 Å². The molecule has 2 rings (SSSR count). The number of hydrogen-bond acceptors (Lipinski definition) is 10. The average molecular weight is 403 g/mol. The fraction of sp³-hybridized carbons (Fsp3) is 0.368. The number of benzene rings is 1. The van der Waals surface area contributed by atoms with Gasteiger partial charge in [0.05, 0.1) is 13.2 Å². The zero-order chi connectivity index (χ0) is 20.9. The Morgan fingerprint density at radius 2 is 2.00 bits per heavy atom. The molecule has 0 radical (unpaired) electrons. The Labute approximate surface area is 169 Å². The number of nitrogens with two attached hydrogens (primary N) is 1. The van der Waals surface area contributed by atoms with Crippen LogP contribution in [0.5, 0.6) is 6.01 Å². The molecule has 3 N–H and O–H groups in total. The van der Waals surface area contributed by atoms with E-state index in [0.29, 0.717) is 25.4 Å². The Hall–Kier alpha value is -3.40. The van der Waals surface area contributed by atoms with Gasteiger partial charge in [-0.3, -0.25) is 0 Å². The quantitative estimate of drug-likeness (QED) is 0.252. The smallest absolute Gasteiger partial charge is 0.461 e. The summed E-state index contributed by atoms with van der Waals surface area (Å²) < 4.78 is 20.0. The van der Waals surface area contributed by atoms with Crippen molar-refractivity contribution in [2.45, 2.75) is 19.9 Å². The molecule has 0 saturated heterocycles. The molecule has 1 aromatic heterocycles. The third-order valence-corrected chi connectivity index (χ3v) is 3.47. The van der Waals surface area contributed by atoms with E-state index in [1.165, 1.54) is 0 Å². The maximum absolute atomic E-state index is 11.4. The van der Waals surface area contributed by atoms with E-state index in [-0.39, 0.29) is 30.7 Å². The monoisotopic (exact) mass is 403 g/mol. The molecule has 156 valence electrons. The summed E-state index contributed by atoms with van der Waals surface area (Å²) in [6.07, 6.45) is 0.769. The van der Waals surface area contributed by atoms with Crippen molar-refractivity contribution in [2.24, 2.45) is 4.99 Å². The van der Waals surface area contributed by atoms with Gasteiger partial charge in [-0.1, -0.05) is 37.3 Å². The highest BCUT2D eigenvalue weighted by atomic mass is 16.7. The molecule has 0 aliphatic carbocycles. The van der Waals surface area contributed by atoms with Crippen molar-refractivity contribution in [1.29, 1.82) is 0 Å². The van der Waals surface area contributed by atoms with Gasteiger partial charge < -0.3 is 30.0 Å². The van der Waals surface area contributed by atoms with Crippen LogP contribution in [0, 0.1) is 0 Å². The minimum absolute atomic E-state index is 0.0600. The van der Waals surface area contributed by atoms with Gasteiger partial charge >= 0.3 is 12.2 Å². The maximum atomic E-state index is 11.4. The minimum atomic E-state index is -0.853. The topological polar surface area (TPSA) is 130 Å². The second kappa shape index (κ2) is 12.1. The van der Waals surface area contributed by atoms with Crippen LogP contribution in [-0.2, 0) is 20.8 Å². The van der Waals surface area contributed by atoms with Gasteiger partial charge in [0.25, 0.3) is 0 Å².